The molecule has 1 saturated heterocycles. The third-order valence-corrected chi connectivity index (χ3v) is 6.41. The molecule has 1 heterocycles. The largest absolute Gasteiger partial charge is 0.507 e. The lowest BCUT2D eigenvalue weighted by Gasteiger charge is -2.26. The number of amides is 1. The summed E-state index contributed by atoms with van der Waals surface area (Å²) in [5, 5.41) is 21.5. The number of hydrogen-bond acceptors (Lipinski definition) is 7. The summed E-state index contributed by atoms with van der Waals surface area (Å²) in [5.74, 6) is -1.44. The molecule has 0 spiro atoms. The van der Waals surface area contributed by atoms with E-state index in [1.807, 2.05) is 0 Å². The van der Waals surface area contributed by atoms with Crippen molar-refractivity contribution in [1.29, 1.82) is 0 Å². The highest BCUT2D eigenvalue weighted by molar-refractivity contribution is 6.51. The van der Waals surface area contributed by atoms with Gasteiger partial charge in [-0.25, -0.2) is 0 Å². The summed E-state index contributed by atoms with van der Waals surface area (Å²) in [6.07, 6.45) is 0. The molecule has 36 heavy (non-hydrogen) atoms. The Labute approximate surface area is 216 Å². The summed E-state index contributed by atoms with van der Waals surface area (Å²) in [4.78, 5) is 27.9. The quantitative estimate of drug-likeness (QED) is 0.252. The molecule has 10 heteroatoms. The topological polar surface area (TPSA) is 106 Å². The number of phenols is 1. The van der Waals surface area contributed by atoms with E-state index in [1.165, 1.54) is 56.6 Å². The van der Waals surface area contributed by atoms with Gasteiger partial charge >= 0.3 is 0 Å². The smallest absolute Gasteiger partial charge is 0.300 e. The average Bonchev–Trinajstić information content (AvgIpc) is 3.15. The zero-order valence-corrected chi connectivity index (χ0v) is 20.9. The number of ether oxygens (including phenoxy) is 3. The summed E-state index contributed by atoms with van der Waals surface area (Å²) in [6, 6.07) is 12.6. The number of hydrogen-bond donors (Lipinski definition) is 2. The molecule has 1 unspecified atom stereocenters. The predicted octanol–water partition coefficient (Wildman–Crippen LogP) is 5.35. The average molecular weight is 530 g/mol. The van der Waals surface area contributed by atoms with Gasteiger partial charge in [-0.1, -0.05) is 29.3 Å². The first kappa shape index (κ1) is 25.2. The maximum absolute atomic E-state index is 13.4. The molecule has 4 rings (SSSR count). The van der Waals surface area contributed by atoms with Gasteiger partial charge < -0.3 is 24.4 Å². The van der Waals surface area contributed by atoms with E-state index in [0.29, 0.717) is 22.7 Å². The van der Waals surface area contributed by atoms with Gasteiger partial charge in [-0.2, -0.15) is 0 Å². The molecular weight excluding hydrogens is 509 g/mol. The van der Waals surface area contributed by atoms with Crippen LogP contribution in [0, 0.1) is 0 Å². The minimum atomic E-state index is -1.08. The highest BCUT2D eigenvalue weighted by Gasteiger charge is 2.47. The molecule has 0 bridgehead atoms. The van der Waals surface area contributed by atoms with Crippen LogP contribution in [0.25, 0.3) is 5.76 Å². The molecule has 1 amide bonds. The maximum Gasteiger partial charge on any atom is 0.300 e. The van der Waals surface area contributed by atoms with Crippen molar-refractivity contribution >= 4 is 46.3 Å². The van der Waals surface area contributed by atoms with Crippen LogP contribution in [0.3, 0.4) is 0 Å². The van der Waals surface area contributed by atoms with Crippen molar-refractivity contribution in [2.24, 2.45) is 0 Å². The summed E-state index contributed by atoms with van der Waals surface area (Å²) < 4.78 is 15.8. The Bertz CT molecular complexity index is 1390. The van der Waals surface area contributed by atoms with Crippen LogP contribution in [-0.2, 0) is 9.59 Å². The Morgan fingerprint density at radius 2 is 1.53 bits per heavy atom. The normalized spacial score (nSPS) is 16.8. The van der Waals surface area contributed by atoms with Crippen LogP contribution in [0.4, 0.5) is 5.69 Å². The number of anilines is 1. The second-order valence-electron chi connectivity index (χ2n) is 7.77. The fourth-order valence-corrected chi connectivity index (χ4v) is 4.47. The third-order valence-electron chi connectivity index (χ3n) is 5.81. The molecule has 1 fully saturated rings. The van der Waals surface area contributed by atoms with Crippen molar-refractivity contribution in [1.82, 2.24) is 0 Å². The highest BCUT2D eigenvalue weighted by Crippen LogP contribution is 2.45. The Balaban J connectivity index is 1.99. The van der Waals surface area contributed by atoms with Gasteiger partial charge in [0.15, 0.2) is 0 Å². The Morgan fingerprint density at radius 3 is 2.11 bits per heavy atom. The van der Waals surface area contributed by atoms with Gasteiger partial charge in [0.1, 0.15) is 28.8 Å². The Morgan fingerprint density at radius 1 is 0.861 bits per heavy atom. The summed E-state index contributed by atoms with van der Waals surface area (Å²) in [5.41, 5.74) is 0.641. The number of nitrogens with zero attached hydrogens (tertiary/aromatic N) is 1. The van der Waals surface area contributed by atoms with Crippen molar-refractivity contribution in [3.05, 3.63) is 81.3 Å². The van der Waals surface area contributed by atoms with Gasteiger partial charge in [0, 0.05) is 11.8 Å². The number of ketones is 1. The number of rotatable bonds is 6. The molecule has 8 nitrogen and oxygen atoms in total. The van der Waals surface area contributed by atoms with Gasteiger partial charge in [-0.05, 0) is 48.0 Å². The van der Waals surface area contributed by atoms with Gasteiger partial charge in [0.05, 0.1) is 48.6 Å². The van der Waals surface area contributed by atoms with E-state index in [-0.39, 0.29) is 32.7 Å². The number of methoxy groups -OCH3 is 3. The first-order valence-electron chi connectivity index (χ1n) is 10.6. The molecule has 0 aromatic heterocycles. The number of halogens is 2. The van der Waals surface area contributed by atoms with E-state index >= 15 is 0 Å². The minimum Gasteiger partial charge on any atom is -0.507 e. The second kappa shape index (κ2) is 10.0. The monoisotopic (exact) mass is 529 g/mol. The third kappa shape index (κ3) is 4.29. The van der Waals surface area contributed by atoms with Gasteiger partial charge in [0.25, 0.3) is 11.7 Å². The number of aliphatic hydroxyl groups excluding tert-OH is 1. The molecule has 1 aliphatic heterocycles. The number of aliphatic hydroxyl groups is 1. The van der Waals surface area contributed by atoms with Crippen molar-refractivity contribution in [3.63, 3.8) is 0 Å². The molecule has 0 aliphatic carbocycles. The molecule has 186 valence electrons. The van der Waals surface area contributed by atoms with Crippen LogP contribution >= 0.6 is 23.2 Å². The number of carbonyl (C=O) groups excluding carboxylic acids is 2. The number of carbonyl (C=O) groups is 2. The number of phenolic OH excluding ortho intramolecular Hbond substituents is 1. The lowest BCUT2D eigenvalue weighted by Crippen LogP contribution is -2.29. The van der Waals surface area contributed by atoms with Gasteiger partial charge in [-0.15, -0.1) is 0 Å². The molecule has 0 saturated carbocycles. The number of benzene rings is 3. The van der Waals surface area contributed by atoms with Gasteiger partial charge in [0.2, 0.25) is 0 Å². The van der Waals surface area contributed by atoms with E-state index < -0.39 is 23.5 Å². The number of Topliss-reactive ketones (excluding diaryl/α,β-unsaturated/α-hetero) is 1. The highest BCUT2D eigenvalue weighted by atomic mass is 35.5. The van der Waals surface area contributed by atoms with Crippen molar-refractivity contribution in [2.75, 3.05) is 26.2 Å². The minimum absolute atomic E-state index is 0.0119. The first-order valence-corrected chi connectivity index (χ1v) is 11.3. The van der Waals surface area contributed by atoms with Crippen LogP contribution in [0.15, 0.2) is 60.2 Å². The van der Waals surface area contributed by atoms with Crippen LogP contribution < -0.4 is 19.1 Å². The van der Waals surface area contributed by atoms with E-state index in [0.717, 1.165) is 0 Å². The van der Waals surface area contributed by atoms with Crippen molar-refractivity contribution in [2.45, 2.75) is 6.04 Å². The van der Waals surface area contributed by atoms with E-state index in [1.54, 1.807) is 24.3 Å². The molecule has 3 aromatic rings. The van der Waals surface area contributed by atoms with Crippen LogP contribution in [-0.4, -0.2) is 43.2 Å². The van der Waals surface area contributed by atoms with Gasteiger partial charge in [-0.3, -0.25) is 14.5 Å². The second-order valence-corrected chi connectivity index (χ2v) is 8.58. The maximum atomic E-state index is 13.4. The van der Waals surface area contributed by atoms with E-state index in [2.05, 4.69) is 0 Å². The number of aromatic hydroxyl groups is 1. The lowest BCUT2D eigenvalue weighted by atomic mass is 9.94. The SMILES string of the molecule is COc1ccc(N2C(=O)C(=O)/C(=C(/O)c3cc(Cl)c(OC)cc3OC)C2c2ccc(O)c(Cl)c2)cc1. The molecule has 3 aromatic carbocycles. The van der Waals surface area contributed by atoms with Crippen LogP contribution in [0.1, 0.15) is 17.2 Å². The van der Waals surface area contributed by atoms with Crippen LogP contribution in [0.2, 0.25) is 10.0 Å². The zero-order chi connectivity index (χ0) is 26.1. The van der Waals surface area contributed by atoms with Crippen molar-refractivity contribution < 1.29 is 34.0 Å². The molecule has 1 aliphatic rings. The Kier molecular flexibility index (Phi) is 7.01. The summed E-state index contributed by atoms with van der Waals surface area (Å²) in [7, 11) is 4.31. The first-order chi connectivity index (χ1) is 17.2. The van der Waals surface area contributed by atoms with E-state index in [9.17, 15) is 19.8 Å². The summed E-state index contributed by atoms with van der Waals surface area (Å²) >= 11 is 12.4. The molecule has 0 radical (unpaired) electrons. The fraction of sp³-hybridized carbons (Fsp3) is 0.154. The lowest BCUT2D eigenvalue weighted by molar-refractivity contribution is -0.132. The Hall–Kier alpha value is -3.88. The zero-order valence-electron chi connectivity index (χ0n) is 19.4. The standard InChI is InChI=1S/C26H21Cl2NO7/c1-34-15-7-5-14(6-8-15)29-23(13-4-9-19(30)17(27)10-13)22(25(32)26(29)33)24(31)16-11-18(28)21(36-3)12-20(16)35-2/h4-12,23,30-31H,1-3H3/b24-22+. The molecule has 2 N–H and O–H groups in total. The van der Waals surface area contributed by atoms with Crippen LogP contribution in [0.5, 0.6) is 23.0 Å². The summed E-state index contributed by atoms with van der Waals surface area (Å²) in [6.45, 7) is 0. The van der Waals surface area contributed by atoms with E-state index in [4.69, 9.17) is 37.4 Å². The van der Waals surface area contributed by atoms with Crippen molar-refractivity contribution in [3.8, 4) is 23.0 Å². The fourth-order valence-electron chi connectivity index (χ4n) is 4.04. The molecule has 1 atom stereocenters. The predicted molar refractivity (Wildman–Crippen MR) is 135 cm³/mol. The molecular formula is C26H21Cl2NO7.